The Balaban J connectivity index is 1.69. The molecule has 3 aromatic rings. The quantitative estimate of drug-likeness (QED) is 0.208. The molecule has 0 saturated heterocycles. The van der Waals surface area contributed by atoms with Gasteiger partial charge in [-0.05, 0) is 66.7 Å². The summed E-state index contributed by atoms with van der Waals surface area (Å²) in [7, 11) is 0. The molecule has 0 aliphatic heterocycles. The highest BCUT2D eigenvalue weighted by atomic mass is 79.9. The summed E-state index contributed by atoms with van der Waals surface area (Å²) in [4.78, 5) is 35.8. The Labute approximate surface area is 197 Å². The Morgan fingerprint density at radius 3 is 2.28 bits per heavy atom. The van der Waals surface area contributed by atoms with Gasteiger partial charge < -0.3 is 10.1 Å². The van der Waals surface area contributed by atoms with Gasteiger partial charge in [-0.1, -0.05) is 27.5 Å². The summed E-state index contributed by atoms with van der Waals surface area (Å²) in [5.41, 5.74) is 4.11. The van der Waals surface area contributed by atoms with Crippen LogP contribution in [0.5, 0.6) is 5.75 Å². The lowest BCUT2D eigenvalue weighted by atomic mass is 10.2. The van der Waals surface area contributed by atoms with Gasteiger partial charge in [0.15, 0.2) is 0 Å². The van der Waals surface area contributed by atoms with Crippen molar-refractivity contribution >= 4 is 57.2 Å². The van der Waals surface area contributed by atoms with E-state index in [2.05, 4.69) is 31.8 Å². The van der Waals surface area contributed by atoms with Crippen molar-refractivity contribution in [1.29, 1.82) is 0 Å². The smallest absolute Gasteiger partial charge is 0.343 e. The topological polar surface area (TPSA) is 96.9 Å². The van der Waals surface area contributed by atoms with Gasteiger partial charge in [0.25, 0.3) is 5.91 Å². The van der Waals surface area contributed by atoms with Crippen LogP contribution in [0.4, 0.5) is 5.69 Å². The normalized spacial score (nSPS) is 10.6. The maximum atomic E-state index is 12.4. The summed E-state index contributed by atoms with van der Waals surface area (Å²) in [6.07, 6.45) is 1.33. The summed E-state index contributed by atoms with van der Waals surface area (Å²) in [6.45, 7) is 1.40. The van der Waals surface area contributed by atoms with Gasteiger partial charge in [0, 0.05) is 33.2 Å². The fraction of sp³-hybridized carbons (Fsp3) is 0.0435. The third kappa shape index (κ3) is 6.50. The molecule has 9 heteroatoms. The first-order valence-corrected chi connectivity index (χ1v) is 10.5. The van der Waals surface area contributed by atoms with E-state index in [0.29, 0.717) is 27.4 Å². The molecule has 2 amide bonds. The lowest BCUT2D eigenvalue weighted by Crippen LogP contribution is -2.18. The van der Waals surface area contributed by atoms with Crippen LogP contribution < -0.4 is 15.5 Å². The van der Waals surface area contributed by atoms with Gasteiger partial charge in [0.1, 0.15) is 5.75 Å². The molecule has 3 rings (SSSR count). The van der Waals surface area contributed by atoms with E-state index in [9.17, 15) is 14.4 Å². The van der Waals surface area contributed by atoms with Gasteiger partial charge in [-0.15, -0.1) is 0 Å². The second-order valence-corrected chi connectivity index (χ2v) is 7.89. The predicted molar refractivity (Wildman–Crippen MR) is 126 cm³/mol. The van der Waals surface area contributed by atoms with Crippen molar-refractivity contribution in [2.45, 2.75) is 6.92 Å². The van der Waals surface area contributed by atoms with E-state index >= 15 is 0 Å². The molecule has 0 radical (unpaired) electrons. The maximum Gasteiger partial charge on any atom is 0.343 e. The first-order valence-electron chi connectivity index (χ1n) is 9.30. The number of benzene rings is 3. The number of carbonyl (C=O) groups excluding carboxylic acids is 3. The van der Waals surface area contributed by atoms with Crippen molar-refractivity contribution in [2.75, 3.05) is 5.32 Å². The lowest BCUT2D eigenvalue weighted by Gasteiger charge is -2.08. The Hall–Kier alpha value is -3.49. The minimum Gasteiger partial charge on any atom is -0.422 e. The molecule has 0 bridgehead atoms. The zero-order chi connectivity index (χ0) is 23.1. The molecular formula is C23H17BrClN3O4. The lowest BCUT2D eigenvalue weighted by molar-refractivity contribution is -0.114. The number of amides is 2. The molecule has 0 heterocycles. The first-order chi connectivity index (χ1) is 15.3. The van der Waals surface area contributed by atoms with Crippen molar-refractivity contribution in [3.8, 4) is 5.75 Å². The zero-order valence-electron chi connectivity index (χ0n) is 16.8. The molecule has 0 fully saturated rings. The number of nitrogens with one attached hydrogen (secondary N) is 2. The van der Waals surface area contributed by atoms with Crippen LogP contribution >= 0.6 is 27.5 Å². The molecule has 32 heavy (non-hydrogen) atoms. The molecule has 2 N–H and O–H groups in total. The van der Waals surface area contributed by atoms with Crippen molar-refractivity contribution in [3.63, 3.8) is 0 Å². The van der Waals surface area contributed by atoms with Gasteiger partial charge >= 0.3 is 5.97 Å². The van der Waals surface area contributed by atoms with Crippen LogP contribution in [0.25, 0.3) is 0 Å². The van der Waals surface area contributed by atoms with Crippen LogP contribution in [0.1, 0.15) is 33.2 Å². The SMILES string of the molecule is CC(=O)Nc1ccc(C(=O)N/N=C/c2cc(Cl)ccc2OC(=O)c2ccc(Br)cc2)cc1. The van der Waals surface area contributed by atoms with Crippen molar-refractivity contribution in [1.82, 2.24) is 5.43 Å². The third-order valence-corrected chi connectivity index (χ3v) is 4.86. The van der Waals surface area contributed by atoms with E-state index in [1.807, 2.05) is 0 Å². The average molecular weight is 515 g/mol. The first kappa shape index (κ1) is 23.2. The van der Waals surface area contributed by atoms with E-state index in [4.69, 9.17) is 16.3 Å². The number of nitrogens with zero attached hydrogens (tertiary/aromatic N) is 1. The molecule has 0 spiro atoms. The third-order valence-electron chi connectivity index (χ3n) is 4.09. The van der Waals surface area contributed by atoms with Crippen molar-refractivity contribution in [2.24, 2.45) is 5.10 Å². The van der Waals surface area contributed by atoms with Gasteiger partial charge in [0.2, 0.25) is 5.91 Å². The second-order valence-electron chi connectivity index (χ2n) is 6.54. The zero-order valence-corrected chi connectivity index (χ0v) is 19.1. The average Bonchev–Trinajstić information content (AvgIpc) is 2.76. The highest BCUT2D eigenvalue weighted by molar-refractivity contribution is 9.10. The van der Waals surface area contributed by atoms with Gasteiger partial charge in [-0.2, -0.15) is 5.10 Å². The highest BCUT2D eigenvalue weighted by Gasteiger charge is 2.12. The van der Waals surface area contributed by atoms with Crippen molar-refractivity contribution < 1.29 is 19.1 Å². The van der Waals surface area contributed by atoms with Crippen molar-refractivity contribution in [3.05, 3.63) is 92.9 Å². The summed E-state index contributed by atoms with van der Waals surface area (Å²) in [5, 5.41) is 6.96. The monoisotopic (exact) mass is 513 g/mol. The standard InChI is InChI=1S/C23H17BrClN3O4/c1-14(29)27-20-9-4-15(5-10-20)22(30)28-26-13-17-12-19(25)8-11-21(17)32-23(31)16-2-6-18(24)7-3-16/h2-13H,1H3,(H,27,29)(H,28,30)/b26-13+. The van der Waals surface area contributed by atoms with E-state index in [0.717, 1.165) is 4.47 Å². The van der Waals surface area contributed by atoms with E-state index in [1.54, 1.807) is 66.7 Å². The van der Waals surface area contributed by atoms with Crippen LogP contribution in [0, 0.1) is 0 Å². The number of esters is 1. The number of hydrogen-bond acceptors (Lipinski definition) is 5. The molecule has 0 saturated carbocycles. The van der Waals surface area contributed by atoms with Crippen LogP contribution in [0.2, 0.25) is 5.02 Å². The Morgan fingerprint density at radius 1 is 0.969 bits per heavy atom. The highest BCUT2D eigenvalue weighted by Crippen LogP contribution is 2.23. The number of carbonyl (C=O) groups is 3. The summed E-state index contributed by atoms with van der Waals surface area (Å²) < 4.78 is 6.30. The summed E-state index contributed by atoms with van der Waals surface area (Å²) in [6, 6.07) is 17.7. The fourth-order valence-electron chi connectivity index (χ4n) is 2.59. The largest absolute Gasteiger partial charge is 0.422 e. The Morgan fingerprint density at radius 2 is 1.62 bits per heavy atom. The maximum absolute atomic E-state index is 12.4. The van der Waals surface area contributed by atoms with Crippen LogP contribution in [0.3, 0.4) is 0 Å². The van der Waals surface area contributed by atoms with E-state index in [1.165, 1.54) is 13.1 Å². The van der Waals surface area contributed by atoms with E-state index in [-0.39, 0.29) is 11.7 Å². The van der Waals surface area contributed by atoms with Gasteiger partial charge in [-0.25, -0.2) is 10.2 Å². The molecule has 3 aromatic carbocycles. The van der Waals surface area contributed by atoms with Crippen LogP contribution in [-0.4, -0.2) is 24.0 Å². The molecule has 0 aromatic heterocycles. The number of anilines is 1. The number of rotatable bonds is 6. The number of hydrogen-bond donors (Lipinski definition) is 2. The number of halogens is 2. The number of hydrazone groups is 1. The summed E-state index contributed by atoms with van der Waals surface area (Å²) in [5.74, 6) is -0.964. The molecule has 7 nitrogen and oxygen atoms in total. The summed E-state index contributed by atoms with van der Waals surface area (Å²) >= 11 is 9.37. The van der Waals surface area contributed by atoms with Crippen LogP contribution in [-0.2, 0) is 4.79 Å². The van der Waals surface area contributed by atoms with Crippen LogP contribution in [0.15, 0.2) is 76.3 Å². The fourth-order valence-corrected chi connectivity index (χ4v) is 3.04. The molecule has 0 aliphatic rings. The van der Waals surface area contributed by atoms with E-state index < -0.39 is 11.9 Å². The minimum atomic E-state index is -0.544. The minimum absolute atomic E-state index is 0.204. The Kier molecular flexibility index (Phi) is 7.75. The molecule has 0 unspecified atom stereocenters. The number of ether oxygens (including phenoxy) is 1. The van der Waals surface area contributed by atoms with Gasteiger partial charge in [-0.3, -0.25) is 9.59 Å². The second kappa shape index (κ2) is 10.7. The Bertz CT molecular complexity index is 1180. The molecule has 0 atom stereocenters. The molecular weight excluding hydrogens is 498 g/mol. The van der Waals surface area contributed by atoms with Gasteiger partial charge in [0.05, 0.1) is 11.8 Å². The predicted octanol–water partition coefficient (Wildman–Crippen LogP) is 5.04. The molecule has 0 aliphatic carbocycles. The molecule has 162 valence electrons.